The van der Waals surface area contributed by atoms with E-state index in [1.54, 1.807) is 0 Å². The summed E-state index contributed by atoms with van der Waals surface area (Å²) < 4.78 is 288. The molecular weight excluding hydrogens is 629 g/mol. The molecule has 0 fully saturated rings. The van der Waals surface area contributed by atoms with Gasteiger partial charge in [-0.05, 0) is 118 Å². The predicted molar refractivity (Wildman–Crippen MR) is 220 cm³/mol. The Morgan fingerprint density at radius 2 is 0.962 bits per heavy atom. The van der Waals surface area contributed by atoms with Gasteiger partial charge in [-0.3, -0.25) is 0 Å². The van der Waals surface area contributed by atoms with E-state index in [4.69, 9.17) is 26.3 Å². The van der Waals surface area contributed by atoms with E-state index in [0.29, 0.717) is 0 Å². The SMILES string of the molecule is [2H]c1c([2H])c([2H])c2c(c1[2H])-c1c([2H])c([2H])c(-c3c([2H])c([2H])c(-c4c5c([2H])c([2H])c([2H])c([2H])c5c(-c5c([2H])c([2H])c6oc7c([2H])c8c([2H])c([2H])c([2H])c([2H])c8c([2H])c7c6c5[2H])c5c([2H])c([2H])c([2H])c([2H])c45)c([2H])c3[2H])c([2H])c1C2(C)C([2H])([2H])[2H]. The number of furan rings is 1. The van der Waals surface area contributed by atoms with Gasteiger partial charge in [0.1, 0.15) is 11.2 Å². The lowest BCUT2D eigenvalue weighted by atomic mass is 9.81. The molecule has 0 aliphatic heterocycles. The van der Waals surface area contributed by atoms with E-state index in [1.165, 1.54) is 0 Å². The zero-order valence-electron chi connectivity index (χ0n) is 57.4. The third kappa shape index (κ3) is 4.17. The monoisotopic (exact) mass is 693 g/mol. The van der Waals surface area contributed by atoms with Crippen LogP contribution in [-0.2, 0) is 5.41 Å². The minimum atomic E-state index is -3.27. The Bertz CT molecular complexity index is 4710. The minimum absolute atomic E-state index is 0.463. The summed E-state index contributed by atoms with van der Waals surface area (Å²) in [4.78, 5) is 0. The Morgan fingerprint density at radius 3 is 1.67 bits per heavy atom. The molecular formula is C51H34O. The molecule has 1 aliphatic rings. The van der Waals surface area contributed by atoms with Crippen molar-refractivity contribution in [1.82, 2.24) is 0 Å². The Morgan fingerprint density at radius 1 is 0.423 bits per heavy atom. The molecule has 0 N–H and O–H groups in total. The average molecular weight is 694 g/mol. The van der Waals surface area contributed by atoms with Crippen molar-refractivity contribution in [3.05, 3.63) is 180 Å². The maximum atomic E-state index is 9.87. The summed E-state index contributed by atoms with van der Waals surface area (Å²) in [6.45, 7) is -2.23. The molecule has 0 radical (unpaired) electrons. The molecule has 11 rings (SSSR count). The van der Waals surface area contributed by atoms with Gasteiger partial charge in [-0.2, -0.15) is 0 Å². The third-order valence-corrected chi connectivity index (χ3v) is 9.14. The second kappa shape index (κ2) is 10.8. The van der Waals surface area contributed by atoms with Gasteiger partial charge in [0.15, 0.2) is 0 Å². The van der Waals surface area contributed by atoms with Crippen molar-refractivity contribution in [2.24, 2.45) is 0 Å². The maximum Gasteiger partial charge on any atom is 0.136 e. The molecule has 1 aliphatic carbocycles. The van der Waals surface area contributed by atoms with Gasteiger partial charge in [-0.1, -0.05) is 153 Å². The van der Waals surface area contributed by atoms with Crippen LogP contribution < -0.4 is 0 Å². The van der Waals surface area contributed by atoms with Crippen LogP contribution in [0.1, 0.15) is 67.4 Å². The largest absolute Gasteiger partial charge is 0.456 e. The highest BCUT2D eigenvalue weighted by molar-refractivity contribution is 6.22. The van der Waals surface area contributed by atoms with Gasteiger partial charge >= 0.3 is 0 Å². The van der Waals surface area contributed by atoms with Crippen LogP contribution in [0.25, 0.3) is 98.8 Å². The van der Waals surface area contributed by atoms with Gasteiger partial charge in [0.05, 0.1) is 38.4 Å². The second-order valence-corrected chi connectivity index (χ2v) is 12.1. The zero-order valence-corrected chi connectivity index (χ0v) is 26.4. The van der Waals surface area contributed by atoms with Gasteiger partial charge in [-0.25, -0.2) is 0 Å². The van der Waals surface area contributed by atoms with Gasteiger partial charge in [0, 0.05) is 20.3 Å². The summed E-state index contributed by atoms with van der Waals surface area (Å²) in [5, 5.41) is -5.13. The maximum absolute atomic E-state index is 9.87. The molecule has 0 spiro atoms. The topological polar surface area (TPSA) is 13.1 Å². The molecule has 0 saturated carbocycles. The van der Waals surface area contributed by atoms with Crippen molar-refractivity contribution in [3.8, 4) is 44.5 Å². The Labute approximate surface area is 346 Å². The molecule has 10 aromatic rings. The van der Waals surface area contributed by atoms with E-state index in [0.717, 1.165) is 6.92 Å². The highest BCUT2D eigenvalue weighted by Crippen LogP contribution is 2.50. The van der Waals surface area contributed by atoms with Crippen LogP contribution >= 0.6 is 0 Å². The molecule has 1 aromatic heterocycles. The molecule has 244 valence electrons. The average Bonchev–Trinajstić information content (AvgIpc) is 2.26. The van der Waals surface area contributed by atoms with E-state index >= 15 is 0 Å². The van der Waals surface area contributed by atoms with Crippen LogP contribution in [0, 0.1) is 0 Å². The van der Waals surface area contributed by atoms with Crippen molar-refractivity contribution in [3.63, 3.8) is 0 Å². The lowest BCUT2D eigenvalue weighted by molar-refractivity contribution is 0.660. The Kier molecular flexibility index (Phi) is 2.50. The molecule has 52 heavy (non-hydrogen) atoms. The normalized spacial score (nSPS) is 23.8. The van der Waals surface area contributed by atoms with Crippen molar-refractivity contribution < 1.29 is 46.9 Å². The van der Waals surface area contributed by atoms with E-state index in [1.807, 2.05) is 0 Å². The van der Waals surface area contributed by atoms with Crippen LogP contribution in [0.15, 0.2) is 174 Å². The van der Waals surface area contributed by atoms with Crippen LogP contribution in [-0.4, -0.2) is 0 Å². The Balaban J connectivity index is 1.32. The molecule has 1 unspecified atom stereocenters. The molecule has 1 heteroatoms. The predicted octanol–water partition coefficient (Wildman–Crippen LogP) is 14.4. The summed E-state index contributed by atoms with van der Waals surface area (Å²) in [7, 11) is 0. The van der Waals surface area contributed by atoms with Crippen LogP contribution in [0.3, 0.4) is 0 Å². The van der Waals surface area contributed by atoms with E-state index in [2.05, 4.69) is 0 Å². The minimum Gasteiger partial charge on any atom is -0.456 e. The quantitative estimate of drug-likeness (QED) is 0.168. The van der Waals surface area contributed by atoms with Gasteiger partial charge in [-0.15, -0.1) is 0 Å². The number of hydrogen-bond acceptors (Lipinski definition) is 1. The first-order valence-corrected chi connectivity index (χ1v) is 15.7. The van der Waals surface area contributed by atoms with Crippen molar-refractivity contribution in [2.45, 2.75) is 19.2 Å². The van der Waals surface area contributed by atoms with Crippen LogP contribution in [0.5, 0.6) is 0 Å². The van der Waals surface area contributed by atoms with E-state index < -0.39 is 291 Å². The summed E-state index contributed by atoms with van der Waals surface area (Å²) in [6, 6.07) is -26.4. The fourth-order valence-corrected chi connectivity index (χ4v) is 6.77. The molecule has 1 heterocycles. The van der Waals surface area contributed by atoms with Crippen molar-refractivity contribution >= 4 is 54.3 Å². The molecule has 0 amide bonds. The van der Waals surface area contributed by atoms with Crippen molar-refractivity contribution in [2.75, 3.05) is 0 Å². The standard InChI is InChI=1S/C51H34O/c1-51(2)45-18-10-9-13-37(45)38-25-23-35(29-46(38)51)31-19-21-32(22-20-31)49-39-14-5-7-16-41(39)50(42-17-8-6-15-40(42)49)36-24-26-47-43(28-36)44-27-33-11-3-4-12-34(33)30-48(44)52-47/h3-30H,1-2H3/i1D3,3D,4D,5D,6D,7D,8D,9D,10D,11D,12D,13D,14D,15D,16D,17D,18D,19D,20D,21D,22D,23D,24D,25D,26D,27D,28D,29D,30D. The summed E-state index contributed by atoms with van der Waals surface area (Å²) >= 11 is 0. The van der Waals surface area contributed by atoms with Gasteiger partial charge < -0.3 is 4.42 Å². The first-order chi connectivity index (χ1) is 38.5. The number of hydrogen-bond donors (Lipinski definition) is 0. The first kappa shape index (κ1) is 12.1. The highest BCUT2D eigenvalue weighted by atomic mass is 16.3. The number of fused-ring (bicyclic) bond motifs is 9. The summed E-state index contributed by atoms with van der Waals surface area (Å²) in [5.74, 6) is 0. The first-order valence-electron chi connectivity index (χ1n) is 31.2. The molecule has 0 bridgehead atoms. The smallest absolute Gasteiger partial charge is 0.136 e. The van der Waals surface area contributed by atoms with E-state index in [-0.39, 0.29) is 0 Å². The van der Waals surface area contributed by atoms with Crippen LogP contribution in [0.2, 0.25) is 0 Å². The highest BCUT2D eigenvalue weighted by Gasteiger charge is 2.35. The molecule has 0 saturated heterocycles. The molecule has 1 nitrogen and oxygen atoms in total. The Hall–Kier alpha value is -6.44. The second-order valence-electron chi connectivity index (χ2n) is 12.1. The fourth-order valence-electron chi connectivity index (χ4n) is 6.77. The van der Waals surface area contributed by atoms with Gasteiger partial charge in [0.25, 0.3) is 0 Å². The summed E-state index contributed by atoms with van der Waals surface area (Å²) in [5.41, 5.74) is -11.0. The number of benzene rings is 9. The molecule has 9 aromatic carbocycles. The lowest BCUT2D eigenvalue weighted by Gasteiger charge is -2.22. The zero-order chi connectivity index (χ0) is 61.4. The molecule has 1 atom stereocenters. The van der Waals surface area contributed by atoms with Gasteiger partial charge in [0.2, 0.25) is 0 Å². The van der Waals surface area contributed by atoms with Crippen molar-refractivity contribution in [1.29, 1.82) is 0 Å². The number of rotatable bonds is 3. The summed E-state index contributed by atoms with van der Waals surface area (Å²) in [6.07, 6.45) is 0. The van der Waals surface area contributed by atoms with E-state index in [9.17, 15) is 20.6 Å². The van der Waals surface area contributed by atoms with Crippen LogP contribution in [0.4, 0.5) is 0 Å². The third-order valence-electron chi connectivity index (χ3n) is 9.14. The lowest BCUT2D eigenvalue weighted by Crippen LogP contribution is -2.14. The fraction of sp³-hybridized carbons (Fsp3) is 0.0588.